The van der Waals surface area contributed by atoms with Crippen molar-refractivity contribution in [2.75, 3.05) is 18.9 Å². The number of carbonyl (C=O) groups is 1. The van der Waals surface area contributed by atoms with E-state index >= 15 is 0 Å². The van der Waals surface area contributed by atoms with E-state index in [1.165, 1.54) is 0 Å². The largest absolute Gasteiger partial charge is 0.397 e. The first-order valence-corrected chi connectivity index (χ1v) is 6.51. The minimum absolute atomic E-state index is 0.310. The number of rotatable bonds is 7. The van der Waals surface area contributed by atoms with E-state index in [-0.39, 0.29) is 19.1 Å². The summed E-state index contributed by atoms with van der Waals surface area (Å²) < 4.78 is 1.78. The standard InChI is InChI=1S/C13H23N3O3/c1-3-5-16-7-10(14)6-11(16)12(19)15-13(4-2,8-17)9-18/h6-7,17-18H,3-5,8-9,14H2,1-2H3,(H,15,19). The van der Waals surface area contributed by atoms with Gasteiger partial charge in [-0.25, -0.2) is 0 Å². The molecule has 6 nitrogen and oxygen atoms in total. The summed E-state index contributed by atoms with van der Waals surface area (Å²) in [5.74, 6) is -0.338. The van der Waals surface area contributed by atoms with E-state index in [0.29, 0.717) is 24.3 Å². The molecule has 1 aromatic heterocycles. The predicted octanol–water partition coefficient (Wildman–Crippen LogP) is 0.343. The molecule has 0 spiro atoms. The fourth-order valence-corrected chi connectivity index (χ4v) is 1.90. The zero-order chi connectivity index (χ0) is 14.5. The van der Waals surface area contributed by atoms with Gasteiger partial charge in [-0.2, -0.15) is 0 Å². The Balaban J connectivity index is 2.94. The van der Waals surface area contributed by atoms with Gasteiger partial charge in [-0.15, -0.1) is 0 Å². The Bertz CT molecular complexity index is 417. The van der Waals surface area contributed by atoms with Crippen molar-refractivity contribution in [3.05, 3.63) is 18.0 Å². The zero-order valence-electron chi connectivity index (χ0n) is 11.5. The summed E-state index contributed by atoms with van der Waals surface area (Å²) in [7, 11) is 0. The van der Waals surface area contributed by atoms with Crippen molar-refractivity contribution in [3.8, 4) is 0 Å². The molecule has 0 bridgehead atoms. The number of aromatic nitrogens is 1. The second kappa shape index (κ2) is 6.58. The third-order valence-electron chi connectivity index (χ3n) is 3.28. The quantitative estimate of drug-likeness (QED) is 0.573. The van der Waals surface area contributed by atoms with Gasteiger partial charge in [-0.05, 0) is 18.9 Å². The minimum Gasteiger partial charge on any atom is -0.397 e. The van der Waals surface area contributed by atoms with Gasteiger partial charge in [0.15, 0.2) is 0 Å². The van der Waals surface area contributed by atoms with E-state index in [0.717, 1.165) is 6.42 Å². The number of aliphatic hydroxyl groups is 2. The molecule has 0 saturated carbocycles. The topological polar surface area (TPSA) is 101 Å². The second-order valence-electron chi connectivity index (χ2n) is 4.76. The van der Waals surface area contributed by atoms with Crippen molar-refractivity contribution < 1.29 is 15.0 Å². The van der Waals surface area contributed by atoms with E-state index in [1.54, 1.807) is 23.8 Å². The third kappa shape index (κ3) is 3.48. The van der Waals surface area contributed by atoms with Crippen molar-refractivity contribution in [1.29, 1.82) is 0 Å². The molecule has 0 unspecified atom stereocenters. The van der Waals surface area contributed by atoms with Crippen LogP contribution in [0.5, 0.6) is 0 Å². The molecule has 1 amide bonds. The van der Waals surface area contributed by atoms with Gasteiger partial charge in [-0.3, -0.25) is 4.79 Å². The number of hydrogen-bond acceptors (Lipinski definition) is 4. The number of aryl methyl sites for hydroxylation is 1. The highest BCUT2D eigenvalue weighted by atomic mass is 16.3. The summed E-state index contributed by atoms with van der Waals surface area (Å²) >= 11 is 0. The van der Waals surface area contributed by atoms with Crippen LogP contribution >= 0.6 is 0 Å². The van der Waals surface area contributed by atoms with Crippen LogP contribution in [-0.2, 0) is 6.54 Å². The van der Waals surface area contributed by atoms with Gasteiger partial charge in [-0.1, -0.05) is 13.8 Å². The van der Waals surface area contributed by atoms with Gasteiger partial charge in [0.05, 0.1) is 24.4 Å². The maximum absolute atomic E-state index is 12.2. The first kappa shape index (κ1) is 15.5. The minimum atomic E-state index is -0.993. The number of nitrogens with zero attached hydrogens (tertiary/aromatic N) is 1. The number of nitrogen functional groups attached to an aromatic ring is 1. The number of nitrogens with one attached hydrogen (secondary N) is 1. The second-order valence-corrected chi connectivity index (χ2v) is 4.76. The lowest BCUT2D eigenvalue weighted by Crippen LogP contribution is -2.54. The lowest BCUT2D eigenvalue weighted by atomic mass is 9.98. The molecule has 5 N–H and O–H groups in total. The maximum Gasteiger partial charge on any atom is 0.268 e. The summed E-state index contributed by atoms with van der Waals surface area (Å²) in [5, 5.41) is 21.4. The highest BCUT2D eigenvalue weighted by Gasteiger charge is 2.29. The first-order valence-electron chi connectivity index (χ1n) is 6.51. The van der Waals surface area contributed by atoms with Crippen molar-refractivity contribution in [2.24, 2.45) is 0 Å². The summed E-state index contributed by atoms with van der Waals surface area (Å²) in [6, 6.07) is 1.60. The van der Waals surface area contributed by atoms with Crippen LogP contribution in [0.4, 0.5) is 5.69 Å². The lowest BCUT2D eigenvalue weighted by molar-refractivity contribution is 0.0645. The third-order valence-corrected chi connectivity index (χ3v) is 3.28. The van der Waals surface area contributed by atoms with Crippen LogP contribution in [0.2, 0.25) is 0 Å². The molecule has 0 aromatic carbocycles. The number of hydrogen-bond donors (Lipinski definition) is 4. The number of aliphatic hydroxyl groups excluding tert-OH is 2. The average molecular weight is 269 g/mol. The molecule has 1 rings (SSSR count). The zero-order valence-corrected chi connectivity index (χ0v) is 11.5. The molecular weight excluding hydrogens is 246 g/mol. The van der Waals surface area contributed by atoms with Gasteiger partial charge in [0.25, 0.3) is 5.91 Å². The van der Waals surface area contributed by atoms with Crippen molar-refractivity contribution in [1.82, 2.24) is 9.88 Å². The van der Waals surface area contributed by atoms with Crippen molar-refractivity contribution in [2.45, 2.75) is 38.8 Å². The van der Waals surface area contributed by atoms with E-state index in [1.807, 2.05) is 6.92 Å². The molecule has 0 aliphatic heterocycles. The highest BCUT2D eigenvalue weighted by Crippen LogP contribution is 2.14. The monoisotopic (exact) mass is 269 g/mol. The van der Waals surface area contributed by atoms with Crippen molar-refractivity contribution in [3.63, 3.8) is 0 Å². The molecule has 0 aliphatic rings. The average Bonchev–Trinajstić information content (AvgIpc) is 2.77. The normalized spacial score (nSPS) is 11.6. The van der Waals surface area contributed by atoms with Crippen LogP contribution < -0.4 is 11.1 Å². The number of carbonyl (C=O) groups excluding carboxylic acids is 1. The lowest BCUT2D eigenvalue weighted by Gasteiger charge is -2.29. The Morgan fingerprint density at radius 3 is 2.53 bits per heavy atom. The smallest absolute Gasteiger partial charge is 0.268 e. The summed E-state index contributed by atoms with van der Waals surface area (Å²) in [5.41, 5.74) is 5.68. The van der Waals surface area contributed by atoms with Gasteiger partial charge in [0.1, 0.15) is 5.69 Å². The first-order chi connectivity index (χ1) is 9.01. The molecule has 19 heavy (non-hydrogen) atoms. The Morgan fingerprint density at radius 1 is 1.42 bits per heavy atom. The van der Waals surface area contributed by atoms with Crippen LogP contribution in [0.1, 0.15) is 37.2 Å². The Kier molecular flexibility index (Phi) is 5.38. The molecule has 0 atom stereocenters. The molecule has 6 heteroatoms. The highest BCUT2D eigenvalue weighted by molar-refractivity contribution is 5.94. The molecule has 1 aromatic rings. The van der Waals surface area contributed by atoms with Gasteiger partial charge >= 0.3 is 0 Å². The van der Waals surface area contributed by atoms with Gasteiger partial charge < -0.3 is 25.8 Å². The summed E-state index contributed by atoms with van der Waals surface area (Å²) in [4.78, 5) is 12.2. The van der Waals surface area contributed by atoms with Gasteiger partial charge in [0, 0.05) is 12.7 Å². The van der Waals surface area contributed by atoms with Crippen LogP contribution in [-0.4, -0.2) is 39.4 Å². The summed E-state index contributed by atoms with van der Waals surface area (Å²) in [6.45, 7) is 3.88. The summed E-state index contributed by atoms with van der Waals surface area (Å²) in [6.07, 6.45) is 3.03. The van der Waals surface area contributed by atoms with Crippen molar-refractivity contribution >= 4 is 11.6 Å². The molecule has 1 heterocycles. The van der Waals surface area contributed by atoms with E-state index in [2.05, 4.69) is 5.32 Å². The van der Waals surface area contributed by atoms with Crippen LogP contribution in [0, 0.1) is 0 Å². The molecule has 0 saturated heterocycles. The van der Waals surface area contributed by atoms with Crippen LogP contribution in [0.15, 0.2) is 12.3 Å². The van der Waals surface area contributed by atoms with E-state index in [9.17, 15) is 15.0 Å². The van der Waals surface area contributed by atoms with Crippen LogP contribution in [0.25, 0.3) is 0 Å². The number of nitrogens with two attached hydrogens (primary N) is 1. The maximum atomic E-state index is 12.2. The molecule has 0 fully saturated rings. The van der Waals surface area contributed by atoms with E-state index in [4.69, 9.17) is 5.73 Å². The predicted molar refractivity (Wildman–Crippen MR) is 73.8 cm³/mol. The fourth-order valence-electron chi connectivity index (χ4n) is 1.90. The van der Waals surface area contributed by atoms with Crippen LogP contribution in [0.3, 0.4) is 0 Å². The molecule has 108 valence electrons. The van der Waals surface area contributed by atoms with Gasteiger partial charge in [0.2, 0.25) is 0 Å². The number of amides is 1. The number of anilines is 1. The SMILES string of the molecule is CCCn1cc(N)cc1C(=O)NC(CC)(CO)CO. The Labute approximate surface area is 113 Å². The Morgan fingerprint density at radius 2 is 2.05 bits per heavy atom. The molecule has 0 aliphatic carbocycles. The fraction of sp³-hybridized carbons (Fsp3) is 0.615. The molecule has 0 radical (unpaired) electrons. The van der Waals surface area contributed by atoms with E-state index < -0.39 is 5.54 Å². The molecular formula is C13H23N3O3. The Hall–Kier alpha value is -1.53.